The van der Waals surface area contributed by atoms with E-state index in [2.05, 4.69) is 48.1 Å². The van der Waals surface area contributed by atoms with Crippen LogP contribution in [0, 0.1) is 23.7 Å². The van der Waals surface area contributed by atoms with Crippen LogP contribution in [0.25, 0.3) is 0 Å². The largest absolute Gasteiger partial charge is 0.0996 e. The average Bonchev–Trinajstić information content (AvgIpc) is 2.11. The maximum Gasteiger partial charge on any atom is -0.0211 e. The molecule has 2 unspecified atom stereocenters. The number of rotatable bonds is 6. The molecule has 84 valence electrons. The van der Waals surface area contributed by atoms with Crippen molar-refractivity contribution in [1.82, 2.24) is 0 Å². The van der Waals surface area contributed by atoms with Crippen molar-refractivity contribution in [3.05, 3.63) is 12.2 Å². The Hall–Kier alpha value is -0.260. The highest BCUT2D eigenvalue weighted by Gasteiger charge is 2.13. The summed E-state index contributed by atoms with van der Waals surface area (Å²) in [6.07, 6.45) is 2.51. The monoisotopic (exact) mass is 196 g/mol. The molecule has 0 heteroatoms. The fourth-order valence-electron chi connectivity index (χ4n) is 1.45. The highest BCUT2D eigenvalue weighted by Crippen LogP contribution is 2.25. The number of hydrogen-bond donors (Lipinski definition) is 0. The summed E-state index contributed by atoms with van der Waals surface area (Å²) in [4.78, 5) is 0. The summed E-state index contributed by atoms with van der Waals surface area (Å²) in [5, 5.41) is 0. The van der Waals surface area contributed by atoms with Crippen molar-refractivity contribution in [3.8, 4) is 0 Å². The minimum Gasteiger partial charge on any atom is -0.0996 e. The van der Waals surface area contributed by atoms with Gasteiger partial charge >= 0.3 is 0 Å². The van der Waals surface area contributed by atoms with Gasteiger partial charge in [-0.1, -0.05) is 53.7 Å². The van der Waals surface area contributed by atoms with E-state index in [9.17, 15) is 0 Å². The van der Waals surface area contributed by atoms with Gasteiger partial charge in [-0.3, -0.25) is 0 Å². The zero-order valence-electron chi connectivity index (χ0n) is 10.9. The minimum atomic E-state index is 0.675. The average molecular weight is 196 g/mol. The Bertz CT molecular complexity index is 165. The zero-order chi connectivity index (χ0) is 11.3. The molecule has 0 aromatic carbocycles. The van der Waals surface area contributed by atoms with Crippen molar-refractivity contribution in [3.63, 3.8) is 0 Å². The molecule has 0 aliphatic heterocycles. The third kappa shape index (κ3) is 4.83. The Morgan fingerprint density at radius 3 is 1.79 bits per heavy atom. The van der Waals surface area contributed by atoms with Gasteiger partial charge in [-0.25, -0.2) is 0 Å². The fourth-order valence-corrected chi connectivity index (χ4v) is 1.45. The Labute approximate surface area is 90.8 Å². The Morgan fingerprint density at radius 2 is 1.43 bits per heavy atom. The molecule has 0 fully saturated rings. The van der Waals surface area contributed by atoms with E-state index in [0.717, 1.165) is 17.8 Å². The van der Waals surface area contributed by atoms with Crippen LogP contribution in [0.3, 0.4) is 0 Å². The van der Waals surface area contributed by atoms with E-state index in [1.165, 1.54) is 18.4 Å². The van der Waals surface area contributed by atoms with E-state index in [4.69, 9.17) is 0 Å². The molecule has 0 rings (SSSR count). The highest BCUT2D eigenvalue weighted by atomic mass is 14.2. The molecule has 0 aromatic heterocycles. The lowest BCUT2D eigenvalue weighted by Crippen LogP contribution is -2.09. The van der Waals surface area contributed by atoms with E-state index in [-0.39, 0.29) is 0 Å². The van der Waals surface area contributed by atoms with Crippen LogP contribution in [-0.2, 0) is 0 Å². The van der Waals surface area contributed by atoms with E-state index in [1.807, 2.05) is 0 Å². The normalized spacial score (nSPS) is 16.0. The van der Waals surface area contributed by atoms with Gasteiger partial charge in [-0.15, -0.1) is 0 Å². The van der Waals surface area contributed by atoms with Crippen LogP contribution >= 0.6 is 0 Å². The predicted molar refractivity (Wildman–Crippen MR) is 66.4 cm³/mol. The summed E-state index contributed by atoms with van der Waals surface area (Å²) >= 11 is 0. The van der Waals surface area contributed by atoms with E-state index < -0.39 is 0 Å². The second-order valence-corrected chi connectivity index (χ2v) is 5.45. The van der Waals surface area contributed by atoms with Crippen LogP contribution in [0.4, 0.5) is 0 Å². The van der Waals surface area contributed by atoms with Gasteiger partial charge in [-0.2, -0.15) is 0 Å². The molecule has 0 aliphatic carbocycles. The van der Waals surface area contributed by atoms with E-state index in [0.29, 0.717) is 5.92 Å². The molecule has 0 saturated carbocycles. The lowest BCUT2D eigenvalue weighted by atomic mass is 9.85. The molecule has 0 heterocycles. The SMILES string of the molecule is C=C(CCC(C)C(C)C)C(C)C(C)C. The van der Waals surface area contributed by atoms with Crippen LogP contribution in [-0.4, -0.2) is 0 Å². The molecular formula is C14H28. The summed E-state index contributed by atoms with van der Waals surface area (Å²) in [7, 11) is 0. The van der Waals surface area contributed by atoms with Crippen LogP contribution in [0.2, 0.25) is 0 Å². The molecule has 0 amide bonds. The van der Waals surface area contributed by atoms with Gasteiger partial charge in [0, 0.05) is 0 Å². The Morgan fingerprint density at radius 1 is 0.929 bits per heavy atom. The van der Waals surface area contributed by atoms with Crippen LogP contribution in [0.5, 0.6) is 0 Å². The summed E-state index contributed by atoms with van der Waals surface area (Å²) in [5.74, 6) is 3.04. The van der Waals surface area contributed by atoms with Gasteiger partial charge in [0.25, 0.3) is 0 Å². The van der Waals surface area contributed by atoms with Crippen molar-refractivity contribution < 1.29 is 0 Å². The second-order valence-electron chi connectivity index (χ2n) is 5.45. The summed E-state index contributed by atoms with van der Waals surface area (Å²) in [6, 6.07) is 0. The lowest BCUT2D eigenvalue weighted by Gasteiger charge is -2.21. The van der Waals surface area contributed by atoms with Crippen molar-refractivity contribution >= 4 is 0 Å². The molecule has 0 N–H and O–H groups in total. The Kier molecular flexibility index (Phi) is 6.15. The van der Waals surface area contributed by atoms with Gasteiger partial charge in [0.2, 0.25) is 0 Å². The fraction of sp³-hybridized carbons (Fsp3) is 0.857. The molecule has 0 spiro atoms. The van der Waals surface area contributed by atoms with Gasteiger partial charge in [0.05, 0.1) is 0 Å². The molecule has 14 heavy (non-hydrogen) atoms. The Balaban J connectivity index is 3.85. The molecule has 2 atom stereocenters. The van der Waals surface area contributed by atoms with Crippen molar-refractivity contribution in [2.45, 2.75) is 54.4 Å². The topological polar surface area (TPSA) is 0 Å². The summed E-state index contributed by atoms with van der Waals surface area (Å²) < 4.78 is 0. The van der Waals surface area contributed by atoms with E-state index >= 15 is 0 Å². The number of hydrogen-bond acceptors (Lipinski definition) is 0. The summed E-state index contributed by atoms with van der Waals surface area (Å²) in [5.41, 5.74) is 1.44. The maximum absolute atomic E-state index is 4.21. The van der Waals surface area contributed by atoms with Crippen LogP contribution < -0.4 is 0 Å². The minimum absolute atomic E-state index is 0.675. The smallest absolute Gasteiger partial charge is 0.0211 e. The quantitative estimate of drug-likeness (QED) is 0.530. The molecule has 0 saturated heterocycles. The molecular weight excluding hydrogens is 168 g/mol. The first kappa shape index (κ1) is 13.7. The van der Waals surface area contributed by atoms with Gasteiger partial charge < -0.3 is 0 Å². The van der Waals surface area contributed by atoms with Crippen LogP contribution in [0.1, 0.15) is 54.4 Å². The first-order valence-corrected chi connectivity index (χ1v) is 6.03. The van der Waals surface area contributed by atoms with Gasteiger partial charge in [0.1, 0.15) is 0 Å². The predicted octanol–water partition coefficient (Wildman–Crippen LogP) is 4.91. The first-order chi connectivity index (χ1) is 6.36. The highest BCUT2D eigenvalue weighted by molar-refractivity contribution is 5.00. The second kappa shape index (κ2) is 6.27. The van der Waals surface area contributed by atoms with Crippen LogP contribution in [0.15, 0.2) is 12.2 Å². The molecule has 0 bridgehead atoms. The first-order valence-electron chi connectivity index (χ1n) is 6.03. The number of allylic oxidation sites excluding steroid dienone is 1. The zero-order valence-corrected chi connectivity index (χ0v) is 10.9. The maximum atomic E-state index is 4.21. The molecule has 0 aliphatic rings. The van der Waals surface area contributed by atoms with Crippen molar-refractivity contribution in [2.75, 3.05) is 0 Å². The molecule has 0 nitrogen and oxygen atoms in total. The molecule has 0 radical (unpaired) electrons. The lowest BCUT2D eigenvalue weighted by molar-refractivity contribution is 0.377. The van der Waals surface area contributed by atoms with Gasteiger partial charge in [0.15, 0.2) is 0 Å². The van der Waals surface area contributed by atoms with Crippen molar-refractivity contribution in [2.24, 2.45) is 23.7 Å². The standard InChI is InChI=1S/C14H28/c1-10(2)12(5)8-9-13(6)14(7)11(3)4/h10-12,14H,6,8-9H2,1-5,7H3. The summed E-state index contributed by atoms with van der Waals surface area (Å²) in [6.45, 7) is 18.0. The van der Waals surface area contributed by atoms with Gasteiger partial charge in [-0.05, 0) is 36.5 Å². The third-order valence-corrected chi connectivity index (χ3v) is 3.70. The van der Waals surface area contributed by atoms with E-state index in [1.54, 1.807) is 0 Å². The molecule has 0 aromatic rings. The van der Waals surface area contributed by atoms with Crippen molar-refractivity contribution in [1.29, 1.82) is 0 Å². The third-order valence-electron chi connectivity index (χ3n) is 3.70.